The van der Waals surface area contributed by atoms with Gasteiger partial charge in [-0.2, -0.15) is 0 Å². The lowest BCUT2D eigenvalue weighted by molar-refractivity contribution is 0.109. The zero-order valence-electron chi connectivity index (χ0n) is 15.6. The van der Waals surface area contributed by atoms with Crippen LogP contribution in [0.3, 0.4) is 0 Å². The second-order valence-electron chi connectivity index (χ2n) is 6.13. The van der Waals surface area contributed by atoms with Gasteiger partial charge in [0.05, 0.1) is 10.6 Å². The number of aryl methyl sites for hydroxylation is 1. The Bertz CT molecular complexity index is 1160. The van der Waals surface area contributed by atoms with Gasteiger partial charge in [-0.3, -0.25) is 4.79 Å². The molecule has 4 aromatic rings. The molecule has 0 fully saturated rings. The smallest absolute Gasteiger partial charge is 0.226 e. The van der Waals surface area contributed by atoms with Crippen molar-refractivity contribution in [3.63, 3.8) is 0 Å². The van der Waals surface area contributed by atoms with E-state index in [2.05, 4.69) is 22.9 Å². The number of nitrogens with zero attached hydrogens (tertiary/aromatic N) is 1. The normalized spacial score (nSPS) is 10.4. The van der Waals surface area contributed by atoms with Gasteiger partial charge >= 0.3 is 0 Å². The van der Waals surface area contributed by atoms with Crippen LogP contribution in [0.2, 0.25) is 5.02 Å². The highest BCUT2D eigenvalue weighted by Crippen LogP contribution is 2.34. The van der Waals surface area contributed by atoms with Gasteiger partial charge in [0.2, 0.25) is 5.12 Å². The number of aromatic nitrogens is 1. The summed E-state index contributed by atoms with van der Waals surface area (Å²) < 4.78 is 5.80. The number of halogens is 2. The molecule has 4 rings (SSSR count). The molecule has 0 bridgehead atoms. The van der Waals surface area contributed by atoms with Crippen molar-refractivity contribution in [1.29, 1.82) is 0 Å². The fourth-order valence-corrected chi connectivity index (χ4v) is 4.59. The maximum atomic E-state index is 11.5. The highest BCUT2D eigenvalue weighted by atomic mass is 79.9. The summed E-state index contributed by atoms with van der Waals surface area (Å²) >= 11 is 12.7. The van der Waals surface area contributed by atoms with Crippen molar-refractivity contribution in [2.24, 2.45) is 0 Å². The average Bonchev–Trinajstić information content (AvgIpc) is 3.31. The molecule has 0 spiro atoms. The molecule has 0 saturated carbocycles. The number of thiazole rings is 1. The standard InChI is InChI=1S/C21H15ClN2O2S3.BrH/c1-12-17(10-19(29-12)20(25)27)18-11-28-21(24-18)23-14-4-8-16(9-5-14)26-15-6-2-13(22)3-7-15;/h2-11H,1H3,(H,23,24)(H,25,27);1H. The molecule has 0 atom stereocenters. The minimum atomic E-state index is -0.223. The molecule has 0 amide bonds. The van der Waals surface area contributed by atoms with Crippen LogP contribution >= 0.6 is 63.9 Å². The highest BCUT2D eigenvalue weighted by molar-refractivity contribution is 8.93. The van der Waals surface area contributed by atoms with E-state index in [1.165, 1.54) is 22.7 Å². The summed E-state index contributed by atoms with van der Waals surface area (Å²) in [6.45, 7) is 1.98. The maximum Gasteiger partial charge on any atom is 0.226 e. The first kappa shape index (κ1) is 22.8. The van der Waals surface area contributed by atoms with Gasteiger partial charge in [-0.25, -0.2) is 4.98 Å². The maximum absolute atomic E-state index is 11.5. The van der Waals surface area contributed by atoms with Crippen molar-refractivity contribution < 1.29 is 9.53 Å². The summed E-state index contributed by atoms with van der Waals surface area (Å²) in [6.07, 6.45) is 0. The number of anilines is 2. The van der Waals surface area contributed by atoms with Gasteiger partial charge in [-0.15, -0.1) is 39.7 Å². The third-order valence-electron chi connectivity index (χ3n) is 4.06. The second kappa shape index (κ2) is 9.98. The Morgan fingerprint density at radius 1 is 1.10 bits per heavy atom. The Hall–Kier alpha value is -1.84. The van der Waals surface area contributed by atoms with Gasteiger partial charge in [-0.1, -0.05) is 24.2 Å². The number of carbonyl (C=O) groups is 1. The van der Waals surface area contributed by atoms with E-state index in [1.807, 2.05) is 54.8 Å². The SMILES string of the molecule is Br.Cc1sc(C(=O)S)cc1-c1csc(Nc2ccc(Oc3ccc(Cl)cc3)cc2)n1. The Morgan fingerprint density at radius 2 is 1.73 bits per heavy atom. The van der Waals surface area contributed by atoms with Gasteiger partial charge in [0, 0.05) is 26.5 Å². The molecule has 0 radical (unpaired) electrons. The van der Waals surface area contributed by atoms with Crippen LogP contribution in [-0.4, -0.2) is 10.1 Å². The lowest BCUT2D eigenvalue weighted by Crippen LogP contribution is -1.90. The van der Waals surface area contributed by atoms with Crippen molar-refractivity contribution in [3.05, 3.63) is 74.8 Å². The molecule has 154 valence electrons. The monoisotopic (exact) mass is 538 g/mol. The molecule has 2 aromatic carbocycles. The van der Waals surface area contributed by atoms with Gasteiger partial charge in [-0.05, 0) is 61.5 Å². The topological polar surface area (TPSA) is 51.2 Å². The van der Waals surface area contributed by atoms with Crippen molar-refractivity contribution in [1.82, 2.24) is 4.98 Å². The number of rotatable bonds is 6. The molecule has 30 heavy (non-hydrogen) atoms. The van der Waals surface area contributed by atoms with Crippen LogP contribution in [0.15, 0.2) is 60.0 Å². The molecule has 0 unspecified atom stereocenters. The summed E-state index contributed by atoms with van der Waals surface area (Å²) in [7, 11) is 0. The number of benzene rings is 2. The van der Waals surface area contributed by atoms with Crippen LogP contribution in [0.4, 0.5) is 10.8 Å². The number of ether oxygens (including phenoxy) is 1. The summed E-state index contributed by atoms with van der Waals surface area (Å²) in [5, 5.41) is 6.49. The van der Waals surface area contributed by atoms with Crippen molar-refractivity contribution in [2.45, 2.75) is 6.92 Å². The first-order valence-electron chi connectivity index (χ1n) is 8.58. The molecule has 1 N–H and O–H groups in total. The Balaban J connectivity index is 0.00000256. The quantitative estimate of drug-likeness (QED) is 0.244. The molecule has 0 saturated heterocycles. The summed E-state index contributed by atoms with van der Waals surface area (Å²) in [6, 6.07) is 16.7. The Morgan fingerprint density at radius 3 is 2.33 bits per heavy atom. The molecule has 0 aliphatic rings. The van der Waals surface area contributed by atoms with E-state index in [9.17, 15) is 4.79 Å². The lowest BCUT2D eigenvalue weighted by atomic mass is 10.2. The van der Waals surface area contributed by atoms with Crippen LogP contribution in [0, 0.1) is 6.92 Å². The van der Waals surface area contributed by atoms with E-state index >= 15 is 0 Å². The first-order chi connectivity index (χ1) is 14.0. The zero-order chi connectivity index (χ0) is 20.4. The molecule has 0 aliphatic carbocycles. The van der Waals surface area contributed by atoms with Crippen LogP contribution in [0.25, 0.3) is 11.3 Å². The Kier molecular flexibility index (Phi) is 7.60. The largest absolute Gasteiger partial charge is 0.457 e. The van der Waals surface area contributed by atoms with Crippen LogP contribution in [0.5, 0.6) is 11.5 Å². The fourth-order valence-electron chi connectivity index (χ4n) is 2.67. The van der Waals surface area contributed by atoms with Crippen LogP contribution < -0.4 is 10.1 Å². The van der Waals surface area contributed by atoms with Gasteiger partial charge in [0.1, 0.15) is 11.5 Å². The molecule has 2 aromatic heterocycles. The molecular weight excluding hydrogens is 524 g/mol. The van der Waals surface area contributed by atoms with Crippen molar-refractivity contribution in [2.75, 3.05) is 5.32 Å². The zero-order valence-corrected chi connectivity index (χ0v) is 20.6. The van der Waals surface area contributed by atoms with Crippen LogP contribution in [0.1, 0.15) is 14.5 Å². The number of nitrogens with one attached hydrogen (secondary N) is 1. The predicted octanol–water partition coefficient (Wildman–Crippen LogP) is 8.02. The molecule has 4 nitrogen and oxygen atoms in total. The fraction of sp³-hybridized carbons (Fsp3) is 0.0476. The molecule has 2 heterocycles. The summed E-state index contributed by atoms with van der Waals surface area (Å²) in [4.78, 5) is 17.8. The van der Waals surface area contributed by atoms with Crippen molar-refractivity contribution in [3.8, 4) is 22.8 Å². The number of hydrogen-bond donors (Lipinski definition) is 2. The molecule has 9 heteroatoms. The minimum absolute atomic E-state index is 0. The number of carbonyl (C=O) groups excluding carboxylic acids is 1. The van der Waals surface area contributed by atoms with Gasteiger partial charge < -0.3 is 10.1 Å². The van der Waals surface area contributed by atoms with Crippen molar-refractivity contribution >= 4 is 79.8 Å². The lowest BCUT2D eigenvalue weighted by Gasteiger charge is -2.07. The summed E-state index contributed by atoms with van der Waals surface area (Å²) in [5.41, 5.74) is 2.71. The predicted molar refractivity (Wildman–Crippen MR) is 135 cm³/mol. The van der Waals surface area contributed by atoms with Gasteiger partial charge in [0.25, 0.3) is 0 Å². The Labute approximate surface area is 203 Å². The number of thiol groups is 1. The van der Waals surface area contributed by atoms with E-state index in [4.69, 9.17) is 16.3 Å². The summed E-state index contributed by atoms with van der Waals surface area (Å²) in [5.74, 6) is 1.46. The molecular formula is C21H16BrClN2O2S3. The third-order valence-corrected chi connectivity index (χ3v) is 6.51. The van der Waals surface area contributed by atoms with E-state index in [0.29, 0.717) is 9.90 Å². The van der Waals surface area contributed by atoms with E-state index < -0.39 is 0 Å². The number of thiophene rings is 1. The number of hydrogen-bond acceptors (Lipinski definition) is 6. The van der Waals surface area contributed by atoms with Gasteiger partial charge in [0.15, 0.2) is 5.13 Å². The average molecular weight is 540 g/mol. The van der Waals surface area contributed by atoms with E-state index in [1.54, 1.807) is 12.1 Å². The van der Waals surface area contributed by atoms with Crippen LogP contribution in [-0.2, 0) is 0 Å². The highest BCUT2D eigenvalue weighted by Gasteiger charge is 2.14. The van der Waals surface area contributed by atoms with E-state index in [-0.39, 0.29) is 22.1 Å². The van der Waals surface area contributed by atoms with E-state index in [0.717, 1.165) is 38.5 Å². The first-order valence-corrected chi connectivity index (χ1v) is 11.1. The second-order valence-corrected chi connectivity index (χ2v) is 9.09. The minimum Gasteiger partial charge on any atom is -0.457 e. The molecule has 0 aliphatic heterocycles. The third kappa shape index (κ3) is 5.44.